The number of nitrogens with zero attached hydrogens (tertiary/aromatic N) is 3. The maximum atomic E-state index is 13.7. The topological polar surface area (TPSA) is 106 Å². The number of para-hydroxylation sites is 1. The fourth-order valence-electron chi connectivity index (χ4n) is 3.81. The van der Waals surface area contributed by atoms with Crippen molar-refractivity contribution in [3.63, 3.8) is 0 Å². The Hall–Kier alpha value is -3.43. The van der Waals surface area contributed by atoms with E-state index in [4.69, 9.17) is 9.47 Å². The van der Waals surface area contributed by atoms with Gasteiger partial charge < -0.3 is 19.9 Å². The van der Waals surface area contributed by atoms with Crippen molar-refractivity contribution >= 4 is 17.0 Å². The third-order valence-corrected chi connectivity index (χ3v) is 5.40. The van der Waals surface area contributed by atoms with E-state index in [-0.39, 0.29) is 5.56 Å². The SMILES string of the molecule is CC(NC(=O)O)c1nc2cccc(OCCN3CCOCC3)c2c(=O)n1-c1ccccc1. The first kappa shape index (κ1) is 21.8. The molecular weight excluding hydrogens is 412 g/mol. The first-order chi connectivity index (χ1) is 15.5. The lowest BCUT2D eigenvalue weighted by molar-refractivity contribution is 0.0323. The van der Waals surface area contributed by atoms with Crippen molar-refractivity contribution in [2.45, 2.75) is 13.0 Å². The molecule has 1 aromatic heterocycles. The van der Waals surface area contributed by atoms with E-state index in [1.165, 1.54) is 4.57 Å². The molecule has 1 saturated heterocycles. The second-order valence-corrected chi connectivity index (χ2v) is 7.57. The van der Waals surface area contributed by atoms with E-state index < -0.39 is 12.1 Å². The van der Waals surface area contributed by atoms with Crippen LogP contribution in [0.1, 0.15) is 18.8 Å². The first-order valence-corrected chi connectivity index (χ1v) is 10.6. The van der Waals surface area contributed by atoms with Crippen molar-refractivity contribution in [2.24, 2.45) is 0 Å². The van der Waals surface area contributed by atoms with Gasteiger partial charge in [0.25, 0.3) is 5.56 Å². The van der Waals surface area contributed by atoms with E-state index >= 15 is 0 Å². The van der Waals surface area contributed by atoms with Crippen LogP contribution in [0.4, 0.5) is 4.79 Å². The Morgan fingerprint density at radius 3 is 2.66 bits per heavy atom. The lowest BCUT2D eigenvalue weighted by Crippen LogP contribution is -2.38. The molecule has 2 aromatic carbocycles. The maximum absolute atomic E-state index is 13.7. The fraction of sp³-hybridized carbons (Fsp3) is 0.348. The van der Waals surface area contributed by atoms with Crippen LogP contribution < -0.4 is 15.6 Å². The highest BCUT2D eigenvalue weighted by Gasteiger charge is 2.21. The van der Waals surface area contributed by atoms with Gasteiger partial charge in [0.1, 0.15) is 23.6 Å². The largest absolute Gasteiger partial charge is 0.491 e. The smallest absolute Gasteiger partial charge is 0.405 e. The predicted octanol–water partition coefficient (Wildman–Crippen LogP) is 2.43. The number of morpholine rings is 1. The van der Waals surface area contributed by atoms with E-state index in [2.05, 4.69) is 15.2 Å². The quantitative estimate of drug-likeness (QED) is 0.584. The zero-order valence-electron chi connectivity index (χ0n) is 17.9. The number of hydrogen-bond acceptors (Lipinski definition) is 6. The number of carbonyl (C=O) groups is 1. The van der Waals surface area contributed by atoms with Crippen LogP contribution in [0.25, 0.3) is 16.6 Å². The Kier molecular flexibility index (Phi) is 6.67. The Balaban J connectivity index is 1.74. The van der Waals surface area contributed by atoms with Gasteiger partial charge in [-0.05, 0) is 31.2 Å². The number of carboxylic acid groups (broad SMARTS) is 1. The summed E-state index contributed by atoms with van der Waals surface area (Å²) >= 11 is 0. The minimum atomic E-state index is -1.19. The predicted molar refractivity (Wildman–Crippen MR) is 120 cm³/mol. The zero-order chi connectivity index (χ0) is 22.5. The molecule has 1 amide bonds. The van der Waals surface area contributed by atoms with Gasteiger partial charge in [-0.15, -0.1) is 0 Å². The van der Waals surface area contributed by atoms with Crippen LogP contribution in [0.15, 0.2) is 53.3 Å². The molecule has 0 aliphatic carbocycles. The average Bonchev–Trinajstić information content (AvgIpc) is 2.79. The zero-order valence-corrected chi connectivity index (χ0v) is 17.9. The van der Waals surface area contributed by atoms with E-state index in [1.807, 2.05) is 18.2 Å². The fourth-order valence-corrected chi connectivity index (χ4v) is 3.81. The minimum Gasteiger partial charge on any atom is -0.491 e. The molecule has 0 bridgehead atoms. The Morgan fingerprint density at radius 2 is 1.94 bits per heavy atom. The Labute approximate surface area is 185 Å². The molecule has 2 N–H and O–H groups in total. The number of amides is 1. The molecule has 1 fully saturated rings. The molecule has 9 nitrogen and oxygen atoms in total. The summed E-state index contributed by atoms with van der Waals surface area (Å²) < 4.78 is 12.8. The first-order valence-electron chi connectivity index (χ1n) is 10.6. The number of rotatable bonds is 7. The van der Waals surface area contributed by atoms with Gasteiger partial charge in [-0.3, -0.25) is 14.3 Å². The summed E-state index contributed by atoms with van der Waals surface area (Å²) in [6, 6.07) is 13.6. The molecule has 1 aliphatic heterocycles. The van der Waals surface area contributed by atoms with Crippen LogP contribution in [-0.2, 0) is 4.74 Å². The Morgan fingerprint density at radius 1 is 1.19 bits per heavy atom. The lowest BCUT2D eigenvalue weighted by Gasteiger charge is -2.26. The van der Waals surface area contributed by atoms with Crippen molar-refractivity contribution in [1.82, 2.24) is 19.8 Å². The van der Waals surface area contributed by atoms with Crippen molar-refractivity contribution < 1.29 is 19.4 Å². The standard InChI is InChI=1S/C23H26N4O5/c1-16(24-23(29)30)21-25-18-8-5-9-19(32-15-12-26-10-13-31-14-11-26)20(18)22(28)27(21)17-6-3-2-4-7-17/h2-9,16,24H,10-15H2,1H3,(H,29,30). The molecule has 2 heterocycles. The van der Waals surface area contributed by atoms with Gasteiger partial charge in [0, 0.05) is 19.6 Å². The number of hydrogen-bond donors (Lipinski definition) is 2. The highest BCUT2D eigenvalue weighted by Crippen LogP contribution is 2.24. The second-order valence-electron chi connectivity index (χ2n) is 7.57. The van der Waals surface area contributed by atoms with Gasteiger partial charge in [-0.25, -0.2) is 9.78 Å². The van der Waals surface area contributed by atoms with Gasteiger partial charge in [-0.2, -0.15) is 0 Å². The van der Waals surface area contributed by atoms with Gasteiger partial charge >= 0.3 is 6.09 Å². The molecule has 1 unspecified atom stereocenters. The molecule has 9 heteroatoms. The van der Waals surface area contributed by atoms with Crippen LogP contribution in [0.5, 0.6) is 5.75 Å². The van der Waals surface area contributed by atoms with Crippen LogP contribution in [0.3, 0.4) is 0 Å². The highest BCUT2D eigenvalue weighted by molar-refractivity contribution is 5.84. The number of nitrogens with one attached hydrogen (secondary N) is 1. The minimum absolute atomic E-state index is 0.307. The average molecular weight is 438 g/mol. The van der Waals surface area contributed by atoms with Gasteiger partial charge in [0.2, 0.25) is 0 Å². The molecule has 32 heavy (non-hydrogen) atoms. The van der Waals surface area contributed by atoms with Crippen molar-refractivity contribution in [3.8, 4) is 11.4 Å². The van der Waals surface area contributed by atoms with Gasteiger partial charge in [-0.1, -0.05) is 24.3 Å². The van der Waals surface area contributed by atoms with Crippen LogP contribution >= 0.6 is 0 Å². The summed E-state index contributed by atoms with van der Waals surface area (Å²) in [5.41, 5.74) is 0.751. The summed E-state index contributed by atoms with van der Waals surface area (Å²) in [6.07, 6.45) is -1.19. The van der Waals surface area contributed by atoms with Crippen LogP contribution in [0.2, 0.25) is 0 Å². The Bertz CT molecular complexity index is 1140. The summed E-state index contributed by atoms with van der Waals surface area (Å²) in [5, 5.41) is 11.9. The van der Waals surface area contributed by atoms with E-state index in [9.17, 15) is 14.7 Å². The van der Waals surface area contributed by atoms with Gasteiger partial charge in [0.05, 0.1) is 30.5 Å². The normalized spacial score (nSPS) is 15.4. The third-order valence-electron chi connectivity index (χ3n) is 5.40. The lowest BCUT2D eigenvalue weighted by atomic mass is 10.2. The molecule has 4 rings (SSSR count). The monoisotopic (exact) mass is 438 g/mol. The molecule has 0 radical (unpaired) electrons. The van der Waals surface area contributed by atoms with Crippen LogP contribution in [-0.4, -0.2) is 65.1 Å². The van der Waals surface area contributed by atoms with Crippen molar-refractivity contribution in [1.29, 1.82) is 0 Å². The summed E-state index contributed by atoms with van der Waals surface area (Å²) in [5.74, 6) is 0.768. The summed E-state index contributed by atoms with van der Waals surface area (Å²) in [4.78, 5) is 31.8. The second kappa shape index (κ2) is 9.80. The molecular formula is C23H26N4O5. The number of benzene rings is 2. The molecule has 3 aromatic rings. The van der Waals surface area contributed by atoms with E-state index in [1.54, 1.807) is 37.3 Å². The maximum Gasteiger partial charge on any atom is 0.405 e. The number of aromatic nitrogens is 2. The highest BCUT2D eigenvalue weighted by atomic mass is 16.5. The van der Waals surface area contributed by atoms with Gasteiger partial charge in [0.15, 0.2) is 0 Å². The summed E-state index contributed by atoms with van der Waals surface area (Å²) in [7, 11) is 0. The molecule has 0 saturated carbocycles. The van der Waals surface area contributed by atoms with Crippen molar-refractivity contribution in [2.75, 3.05) is 39.5 Å². The molecule has 0 spiro atoms. The third kappa shape index (κ3) is 4.74. The number of ether oxygens (including phenoxy) is 2. The summed E-state index contributed by atoms with van der Waals surface area (Å²) in [6.45, 7) is 5.97. The molecule has 1 atom stereocenters. The van der Waals surface area contributed by atoms with E-state index in [0.29, 0.717) is 48.0 Å². The van der Waals surface area contributed by atoms with Crippen molar-refractivity contribution in [3.05, 3.63) is 64.7 Å². The van der Waals surface area contributed by atoms with E-state index in [0.717, 1.165) is 19.6 Å². The molecule has 1 aliphatic rings. The number of fused-ring (bicyclic) bond motifs is 1. The molecule has 168 valence electrons. The van der Waals surface area contributed by atoms with Crippen LogP contribution in [0, 0.1) is 0 Å².